The lowest BCUT2D eigenvalue weighted by Crippen LogP contribution is -2.23. The first-order valence-corrected chi connectivity index (χ1v) is 15.3. The van der Waals surface area contributed by atoms with Crippen LogP contribution in [0.25, 0.3) is 10.9 Å². The molecule has 1 aromatic heterocycles. The van der Waals surface area contributed by atoms with E-state index in [2.05, 4.69) is 34.8 Å². The van der Waals surface area contributed by atoms with Gasteiger partial charge in [0.15, 0.2) is 0 Å². The molecule has 42 heavy (non-hydrogen) atoms. The predicted octanol–water partition coefficient (Wildman–Crippen LogP) is 7.07. The predicted molar refractivity (Wildman–Crippen MR) is 169 cm³/mol. The van der Waals surface area contributed by atoms with Crippen molar-refractivity contribution in [1.29, 1.82) is 0 Å². The summed E-state index contributed by atoms with van der Waals surface area (Å²) in [6.45, 7) is 3.08. The van der Waals surface area contributed by atoms with Gasteiger partial charge in [0.25, 0.3) is 0 Å². The molecule has 0 atom stereocenters. The molecule has 0 saturated carbocycles. The Hall–Kier alpha value is -3.94. The summed E-state index contributed by atoms with van der Waals surface area (Å²) in [6.07, 6.45) is 5.66. The Balaban J connectivity index is 1.42. The van der Waals surface area contributed by atoms with Crippen molar-refractivity contribution in [2.24, 2.45) is 5.16 Å². The van der Waals surface area contributed by atoms with Gasteiger partial charge in [-0.1, -0.05) is 53.2 Å². The molecule has 0 spiro atoms. The summed E-state index contributed by atoms with van der Waals surface area (Å²) < 4.78 is 2.32. The number of halogens is 1. The van der Waals surface area contributed by atoms with Crippen LogP contribution in [0.1, 0.15) is 46.1 Å². The second-order valence-electron chi connectivity index (χ2n) is 10.0. The lowest BCUT2D eigenvalue weighted by atomic mass is 9.90. The maximum absolute atomic E-state index is 13.8. The summed E-state index contributed by atoms with van der Waals surface area (Å²) in [4.78, 5) is 42.4. The number of fused-ring (bicyclic) bond motifs is 3. The molecule has 3 aromatic carbocycles. The molecule has 0 bridgehead atoms. The summed E-state index contributed by atoms with van der Waals surface area (Å²) in [5, 5.41) is 5.95. The highest BCUT2D eigenvalue weighted by atomic mass is 35.5. The third kappa shape index (κ3) is 6.58. The molecule has 0 saturated heterocycles. The van der Waals surface area contributed by atoms with Crippen LogP contribution in [-0.4, -0.2) is 41.0 Å². The van der Waals surface area contributed by atoms with Gasteiger partial charge in [-0.3, -0.25) is 9.59 Å². The van der Waals surface area contributed by atoms with Gasteiger partial charge < -0.3 is 14.2 Å². The quantitative estimate of drug-likeness (QED) is 0.0541. The Morgan fingerprint density at radius 1 is 1.10 bits per heavy atom. The summed E-state index contributed by atoms with van der Waals surface area (Å²) in [5.41, 5.74) is 7.28. The Kier molecular flexibility index (Phi) is 9.72. The first-order chi connectivity index (χ1) is 20.5. The molecule has 0 aliphatic heterocycles. The number of carbonyl (C=O) groups is 3. The highest BCUT2D eigenvalue weighted by Gasteiger charge is 2.26. The van der Waals surface area contributed by atoms with Crippen LogP contribution in [-0.2, 0) is 40.2 Å². The number of oxime groups is 1. The number of aldehydes is 2. The normalized spacial score (nSPS) is 13.0. The van der Waals surface area contributed by atoms with E-state index in [4.69, 9.17) is 16.4 Å². The number of nitrogens with zero attached hydrogens (tertiary/aromatic N) is 2. The number of hydrogen-bond acceptors (Lipinski definition) is 6. The SMILES string of the molecule is CCn1c2c(c3cc(Cc4ccccc4C=O)ccc31)CC(C(=O)C(CSc1ccc(Cl)cc1)=NOCCC=O)=CC2. The van der Waals surface area contributed by atoms with Crippen LogP contribution in [0.4, 0.5) is 0 Å². The number of allylic oxidation sites excluding steroid dienone is 2. The van der Waals surface area contributed by atoms with Crippen molar-refractivity contribution in [1.82, 2.24) is 4.57 Å². The minimum Gasteiger partial charge on any atom is -0.395 e. The highest BCUT2D eigenvalue weighted by Crippen LogP contribution is 2.34. The number of ketones is 1. The average molecular weight is 599 g/mol. The van der Waals surface area contributed by atoms with Gasteiger partial charge in [-0.25, -0.2) is 0 Å². The molecule has 1 aliphatic carbocycles. The maximum atomic E-state index is 13.8. The molecule has 1 heterocycles. The zero-order chi connectivity index (χ0) is 29.5. The summed E-state index contributed by atoms with van der Waals surface area (Å²) in [7, 11) is 0. The lowest BCUT2D eigenvalue weighted by molar-refractivity contribution is -0.110. The second kappa shape index (κ2) is 13.8. The van der Waals surface area contributed by atoms with E-state index in [-0.39, 0.29) is 18.8 Å². The first-order valence-electron chi connectivity index (χ1n) is 13.9. The van der Waals surface area contributed by atoms with Crippen molar-refractivity contribution in [2.45, 2.75) is 44.0 Å². The molecule has 5 rings (SSSR count). The van der Waals surface area contributed by atoms with Crippen LogP contribution >= 0.6 is 23.4 Å². The molecule has 214 valence electrons. The monoisotopic (exact) mass is 598 g/mol. The van der Waals surface area contributed by atoms with E-state index in [0.29, 0.717) is 46.9 Å². The molecule has 0 radical (unpaired) electrons. The molecule has 0 fully saturated rings. The number of rotatable bonds is 13. The van der Waals surface area contributed by atoms with Crippen LogP contribution in [0.15, 0.2) is 88.4 Å². The fourth-order valence-electron chi connectivity index (χ4n) is 5.34. The molecule has 6 nitrogen and oxygen atoms in total. The summed E-state index contributed by atoms with van der Waals surface area (Å²) in [6, 6.07) is 21.5. The smallest absolute Gasteiger partial charge is 0.207 e. The molecular formula is C34H31ClN2O4S. The van der Waals surface area contributed by atoms with E-state index in [9.17, 15) is 14.4 Å². The minimum absolute atomic E-state index is 0.120. The Morgan fingerprint density at radius 2 is 1.90 bits per heavy atom. The number of carbonyl (C=O) groups excluding carboxylic acids is 3. The molecule has 4 aromatic rings. The fourth-order valence-corrected chi connectivity index (χ4v) is 6.28. The standard InChI is InChI=1S/C34H31ClN2O4S/c1-2-37-32-14-8-23(18-24-6-3-4-7-26(24)21-39)19-29(32)30-20-25(9-15-33(30)37)34(40)31(36-41-17-5-16-38)22-42-28-12-10-27(35)11-13-28/h3-4,6-14,16,19,21H,2,5,15,17-18,20,22H2,1H3. The van der Waals surface area contributed by atoms with E-state index in [1.807, 2.05) is 54.6 Å². The number of thioether (sulfide) groups is 1. The number of benzene rings is 3. The summed E-state index contributed by atoms with van der Waals surface area (Å²) >= 11 is 7.50. The number of hydrogen-bond donors (Lipinski definition) is 0. The Bertz CT molecular complexity index is 1690. The average Bonchev–Trinajstić information content (AvgIpc) is 3.33. The molecule has 8 heteroatoms. The zero-order valence-corrected chi connectivity index (χ0v) is 24.9. The van der Waals surface area contributed by atoms with Crippen LogP contribution in [0.2, 0.25) is 5.02 Å². The van der Waals surface area contributed by atoms with E-state index in [1.165, 1.54) is 17.5 Å². The van der Waals surface area contributed by atoms with Gasteiger partial charge in [0.2, 0.25) is 5.78 Å². The van der Waals surface area contributed by atoms with Crippen LogP contribution in [0, 0.1) is 0 Å². The van der Waals surface area contributed by atoms with Gasteiger partial charge in [0, 0.05) is 69.2 Å². The Morgan fingerprint density at radius 3 is 2.67 bits per heavy atom. The van der Waals surface area contributed by atoms with Crippen molar-refractivity contribution in [3.63, 3.8) is 0 Å². The van der Waals surface area contributed by atoms with Gasteiger partial charge in [0.05, 0.1) is 0 Å². The molecule has 0 unspecified atom stereocenters. The van der Waals surface area contributed by atoms with Gasteiger partial charge >= 0.3 is 0 Å². The second-order valence-corrected chi connectivity index (χ2v) is 11.5. The van der Waals surface area contributed by atoms with Crippen LogP contribution in [0.5, 0.6) is 0 Å². The van der Waals surface area contributed by atoms with E-state index < -0.39 is 0 Å². The van der Waals surface area contributed by atoms with E-state index in [1.54, 1.807) is 0 Å². The molecular weight excluding hydrogens is 568 g/mol. The van der Waals surface area contributed by atoms with Gasteiger partial charge in [-0.2, -0.15) is 0 Å². The van der Waals surface area contributed by atoms with Crippen molar-refractivity contribution in [2.75, 3.05) is 12.4 Å². The third-order valence-corrected chi connectivity index (χ3v) is 8.67. The fraction of sp³-hybridized carbons (Fsp3) is 0.235. The summed E-state index contributed by atoms with van der Waals surface area (Å²) in [5.74, 6) is 0.171. The van der Waals surface area contributed by atoms with E-state index >= 15 is 0 Å². The third-order valence-electron chi connectivity index (χ3n) is 7.40. The van der Waals surface area contributed by atoms with Crippen LogP contribution < -0.4 is 0 Å². The molecule has 0 N–H and O–H groups in total. The van der Waals surface area contributed by atoms with E-state index in [0.717, 1.165) is 51.6 Å². The topological polar surface area (TPSA) is 77.7 Å². The Labute approximate surface area is 254 Å². The maximum Gasteiger partial charge on any atom is 0.207 e. The van der Waals surface area contributed by atoms with Crippen molar-refractivity contribution >= 4 is 58.3 Å². The van der Waals surface area contributed by atoms with Crippen molar-refractivity contribution < 1.29 is 19.2 Å². The van der Waals surface area contributed by atoms with Crippen molar-refractivity contribution in [3.05, 3.63) is 111 Å². The molecule has 1 aliphatic rings. The number of Topliss-reactive ketones (excluding diaryl/α,β-unsaturated/α-hetero) is 1. The lowest BCUT2D eigenvalue weighted by Gasteiger charge is -2.16. The van der Waals surface area contributed by atoms with Crippen molar-refractivity contribution in [3.8, 4) is 0 Å². The van der Waals surface area contributed by atoms with Gasteiger partial charge in [0.1, 0.15) is 24.9 Å². The van der Waals surface area contributed by atoms with Gasteiger partial charge in [-0.15, -0.1) is 11.8 Å². The van der Waals surface area contributed by atoms with Crippen LogP contribution in [0.3, 0.4) is 0 Å². The zero-order valence-electron chi connectivity index (χ0n) is 23.3. The number of aryl methyl sites for hydroxylation is 1. The molecule has 0 amide bonds. The minimum atomic E-state index is -0.151. The highest BCUT2D eigenvalue weighted by molar-refractivity contribution is 8.00. The number of aromatic nitrogens is 1. The first kappa shape index (κ1) is 29.5. The van der Waals surface area contributed by atoms with Gasteiger partial charge in [-0.05, 0) is 66.4 Å². The largest absolute Gasteiger partial charge is 0.395 e.